The highest BCUT2D eigenvalue weighted by atomic mass is 16.6. The van der Waals surface area contributed by atoms with Crippen LogP contribution < -0.4 is 11.1 Å². The van der Waals surface area contributed by atoms with Gasteiger partial charge in [-0.15, -0.1) is 0 Å². The fraction of sp³-hybridized carbons (Fsp3) is 0. The van der Waals surface area contributed by atoms with Crippen molar-refractivity contribution in [3.8, 4) is 6.07 Å². The van der Waals surface area contributed by atoms with Gasteiger partial charge in [0.05, 0.1) is 16.2 Å². The van der Waals surface area contributed by atoms with E-state index in [1.54, 1.807) is 18.2 Å². The number of amides is 1. The number of benzene rings is 2. The van der Waals surface area contributed by atoms with E-state index < -0.39 is 10.8 Å². The molecule has 0 aliphatic carbocycles. The number of nitro benzene ring substituents is 1. The molecule has 0 bridgehead atoms. The van der Waals surface area contributed by atoms with Crippen molar-refractivity contribution in [1.82, 2.24) is 0 Å². The fourth-order valence-corrected chi connectivity index (χ4v) is 1.72. The lowest BCUT2D eigenvalue weighted by atomic mass is 10.1. The standard InChI is InChI=1S/C14H10N4O3/c15-8-10-7-12(18(20)21)4-5-13(10)17-14(19)9-2-1-3-11(16)6-9/h1-7H,16H2,(H,17,19). The van der Waals surface area contributed by atoms with Crippen LogP contribution in [0.1, 0.15) is 15.9 Å². The highest BCUT2D eigenvalue weighted by Gasteiger charge is 2.13. The molecule has 0 saturated heterocycles. The molecule has 0 radical (unpaired) electrons. The number of carbonyl (C=O) groups excluding carboxylic acids is 1. The molecule has 2 aromatic carbocycles. The molecule has 0 saturated carbocycles. The number of hydrogen-bond acceptors (Lipinski definition) is 5. The second-order valence-electron chi connectivity index (χ2n) is 4.18. The Morgan fingerprint density at radius 2 is 2.05 bits per heavy atom. The van der Waals surface area contributed by atoms with Crippen LogP contribution in [0.2, 0.25) is 0 Å². The van der Waals surface area contributed by atoms with E-state index in [2.05, 4.69) is 5.32 Å². The third-order valence-electron chi connectivity index (χ3n) is 2.73. The predicted molar refractivity (Wildman–Crippen MR) is 76.6 cm³/mol. The van der Waals surface area contributed by atoms with E-state index >= 15 is 0 Å². The Hall–Kier alpha value is -3.40. The van der Waals surface area contributed by atoms with E-state index in [-0.39, 0.29) is 16.9 Å². The summed E-state index contributed by atoms with van der Waals surface area (Å²) in [6, 6.07) is 11.8. The number of nitriles is 1. The van der Waals surface area contributed by atoms with Gasteiger partial charge in [0, 0.05) is 23.4 Å². The van der Waals surface area contributed by atoms with Gasteiger partial charge >= 0.3 is 0 Å². The number of non-ortho nitro benzene ring substituents is 1. The molecule has 104 valence electrons. The number of nitrogens with two attached hydrogens (primary N) is 1. The van der Waals surface area contributed by atoms with Gasteiger partial charge in [-0.05, 0) is 24.3 Å². The largest absolute Gasteiger partial charge is 0.399 e. The molecule has 21 heavy (non-hydrogen) atoms. The lowest BCUT2D eigenvalue weighted by Gasteiger charge is -2.07. The van der Waals surface area contributed by atoms with Gasteiger partial charge in [-0.25, -0.2) is 0 Å². The first-order valence-electron chi connectivity index (χ1n) is 5.86. The van der Waals surface area contributed by atoms with Crippen molar-refractivity contribution in [1.29, 1.82) is 5.26 Å². The summed E-state index contributed by atoms with van der Waals surface area (Å²) in [6.45, 7) is 0. The van der Waals surface area contributed by atoms with Crippen molar-refractivity contribution >= 4 is 23.0 Å². The van der Waals surface area contributed by atoms with E-state index in [0.717, 1.165) is 6.07 Å². The highest BCUT2D eigenvalue weighted by Crippen LogP contribution is 2.22. The lowest BCUT2D eigenvalue weighted by Crippen LogP contribution is -2.13. The molecule has 0 heterocycles. The van der Waals surface area contributed by atoms with Gasteiger partial charge < -0.3 is 11.1 Å². The maximum Gasteiger partial charge on any atom is 0.270 e. The van der Waals surface area contributed by atoms with E-state index in [4.69, 9.17) is 11.0 Å². The van der Waals surface area contributed by atoms with Crippen LogP contribution in [0.4, 0.5) is 17.1 Å². The molecule has 0 spiro atoms. The number of nitro groups is 1. The van der Waals surface area contributed by atoms with Gasteiger partial charge in [-0.1, -0.05) is 6.07 Å². The van der Waals surface area contributed by atoms with Crippen LogP contribution in [0, 0.1) is 21.4 Å². The number of hydrogen-bond donors (Lipinski definition) is 2. The number of nitrogen functional groups attached to an aromatic ring is 1. The van der Waals surface area contributed by atoms with Crippen LogP contribution in [-0.2, 0) is 0 Å². The second kappa shape index (κ2) is 5.71. The van der Waals surface area contributed by atoms with Crippen LogP contribution >= 0.6 is 0 Å². The van der Waals surface area contributed by atoms with Crippen LogP contribution in [0.25, 0.3) is 0 Å². The van der Waals surface area contributed by atoms with E-state index in [1.165, 1.54) is 18.2 Å². The summed E-state index contributed by atoms with van der Waals surface area (Å²) in [5.41, 5.74) is 6.36. The number of nitrogens with one attached hydrogen (secondary N) is 1. The van der Waals surface area contributed by atoms with Crippen molar-refractivity contribution < 1.29 is 9.72 Å². The molecule has 0 aromatic heterocycles. The molecule has 0 unspecified atom stereocenters. The molecule has 0 aliphatic rings. The monoisotopic (exact) mass is 282 g/mol. The van der Waals surface area contributed by atoms with Crippen LogP contribution in [-0.4, -0.2) is 10.8 Å². The zero-order valence-corrected chi connectivity index (χ0v) is 10.7. The molecule has 7 nitrogen and oxygen atoms in total. The van der Waals surface area contributed by atoms with E-state index in [0.29, 0.717) is 11.3 Å². The Balaban J connectivity index is 2.29. The minimum absolute atomic E-state index is 0.0152. The Morgan fingerprint density at radius 3 is 2.67 bits per heavy atom. The summed E-state index contributed by atoms with van der Waals surface area (Å²) in [7, 11) is 0. The molecule has 0 aliphatic heterocycles. The summed E-state index contributed by atoms with van der Waals surface area (Å²) < 4.78 is 0. The summed E-state index contributed by atoms with van der Waals surface area (Å²) in [5, 5.41) is 22.2. The molecular weight excluding hydrogens is 272 g/mol. The Morgan fingerprint density at radius 1 is 1.29 bits per heavy atom. The molecule has 0 fully saturated rings. The van der Waals surface area contributed by atoms with Crippen molar-refractivity contribution in [3.05, 3.63) is 63.7 Å². The third kappa shape index (κ3) is 3.13. The molecule has 7 heteroatoms. The number of carbonyl (C=O) groups is 1. The average molecular weight is 282 g/mol. The highest BCUT2D eigenvalue weighted by molar-refractivity contribution is 6.05. The first-order valence-corrected chi connectivity index (χ1v) is 5.86. The van der Waals surface area contributed by atoms with Crippen molar-refractivity contribution in [2.24, 2.45) is 0 Å². The smallest absolute Gasteiger partial charge is 0.270 e. The normalized spacial score (nSPS) is 9.67. The van der Waals surface area contributed by atoms with Gasteiger partial charge in [0.1, 0.15) is 6.07 Å². The second-order valence-corrected chi connectivity index (χ2v) is 4.18. The first-order chi connectivity index (χ1) is 10.0. The maximum atomic E-state index is 12.0. The van der Waals surface area contributed by atoms with E-state index in [9.17, 15) is 14.9 Å². The van der Waals surface area contributed by atoms with Gasteiger partial charge in [-0.3, -0.25) is 14.9 Å². The minimum Gasteiger partial charge on any atom is -0.399 e. The maximum absolute atomic E-state index is 12.0. The molecule has 2 rings (SSSR count). The summed E-state index contributed by atoms with van der Waals surface area (Å²) >= 11 is 0. The van der Waals surface area contributed by atoms with Crippen molar-refractivity contribution in [2.45, 2.75) is 0 Å². The summed E-state index contributed by atoms with van der Waals surface area (Å²) in [6.07, 6.45) is 0. The SMILES string of the molecule is N#Cc1cc([N+](=O)[O-])ccc1NC(=O)c1cccc(N)c1. The average Bonchev–Trinajstić information content (AvgIpc) is 2.47. The Labute approximate surface area is 119 Å². The minimum atomic E-state index is -0.607. The van der Waals surface area contributed by atoms with Crippen LogP contribution in [0.3, 0.4) is 0 Å². The summed E-state index contributed by atoms with van der Waals surface area (Å²) in [4.78, 5) is 22.1. The van der Waals surface area contributed by atoms with Gasteiger partial charge in [0.15, 0.2) is 0 Å². The van der Waals surface area contributed by atoms with Crippen molar-refractivity contribution in [2.75, 3.05) is 11.1 Å². The van der Waals surface area contributed by atoms with Gasteiger partial charge in [0.25, 0.3) is 11.6 Å². The quantitative estimate of drug-likeness (QED) is 0.508. The van der Waals surface area contributed by atoms with Crippen LogP contribution in [0.15, 0.2) is 42.5 Å². The Bertz CT molecular complexity index is 765. The topological polar surface area (TPSA) is 122 Å². The predicted octanol–water partition coefficient (Wildman–Crippen LogP) is 2.30. The zero-order valence-electron chi connectivity index (χ0n) is 10.7. The van der Waals surface area contributed by atoms with Gasteiger partial charge in [-0.2, -0.15) is 5.26 Å². The molecule has 2 aromatic rings. The molecular formula is C14H10N4O3. The Kier molecular flexibility index (Phi) is 3.81. The van der Waals surface area contributed by atoms with Crippen LogP contribution in [0.5, 0.6) is 0 Å². The third-order valence-corrected chi connectivity index (χ3v) is 2.73. The zero-order chi connectivity index (χ0) is 15.4. The lowest BCUT2D eigenvalue weighted by molar-refractivity contribution is -0.384. The molecule has 1 amide bonds. The van der Waals surface area contributed by atoms with Crippen molar-refractivity contribution in [3.63, 3.8) is 0 Å². The fourth-order valence-electron chi connectivity index (χ4n) is 1.72. The van der Waals surface area contributed by atoms with Gasteiger partial charge in [0.2, 0.25) is 0 Å². The number of anilines is 2. The molecule has 3 N–H and O–H groups in total. The summed E-state index contributed by atoms with van der Waals surface area (Å²) in [5.74, 6) is -0.451. The first kappa shape index (κ1) is 14.0. The van der Waals surface area contributed by atoms with E-state index in [1.807, 2.05) is 6.07 Å². The number of rotatable bonds is 3. The molecule has 0 atom stereocenters. The number of nitrogens with zero attached hydrogens (tertiary/aromatic N) is 2.